The van der Waals surface area contributed by atoms with E-state index >= 15 is 0 Å². The lowest BCUT2D eigenvalue weighted by Gasteiger charge is -2.11. The largest absolute Gasteiger partial charge is 0.328 e. The van der Waals surface area contributed by atoms with Crippen LogP contribution in [0.15, 0.2) is 41.2 Å². The van der Waals surface area contributed by atoms with E-state index in [0.29, 0.717) is 16.4 Å². The molecule has 0 saturated carbocycles. The molecule has 0 aliphatic rings. The first kappa shape index (κ1) is 16.1. The van der Waals surface area contributed by atoms with Gasteiger partial charge in [-0.1, -0.05) is 17.7 Å². The number of carbonyl (C=O) groups is 1. The molecule has 2 amide bonds. The lowest BCUT2D eigenvalue weighted by Crippen LogP contribution is -2.20. The Bertz CT molecular complexity index is 1000. The zero-order valence-electron chi connectivity index (χ0n) is 13.6. The van der Waals surface area contributed by atoms with Crippen molar-refractivity contribution in [1.29, 1.82) is 0 Å². The van der Waals surface area contributed by atoms with Gasteiger partial charge in [-0.3, -0.25) is 9.13 Å². The number of hydrogen-bond acceptors (Lipinski definition) is 2. The Morgan fingerprint density at radius 2 is 1.71 bits per heavy atom. The van der Waals surface area contributed by atoms with E-state index in [0.717, 1.165) is 16.6 Å². The van der Waals surface area contributed by atoms with Crippen molar-refractivity contribution in [3.8, 4) is 0 Å². The number of imidazole rings is 1. The van der Waals surface area contributed by atoms with Gasteiger partial charge in [-0.2, -0.15) is 0 Å². The van der Waals surface area contributed by atoms with Crippen LogP contribution in [0.25, 0.3) is 11.0 Å². The molecule has 0 atom stereocenters. The zero-order chi connectivity index (χ0) is 17.4. The van der Waals surface area contributed by atoms with Gasteiger partial charge in [0.25, 0.3) is 0 Å². The van der Waals surface area contributed by atoms with Gasteiger partial charge in [-0.15, -0.1) is 0 Å². The second kappa shape index (κ2) is 6.05. The van der Waals surface area contributed by atoms with E-state index in [9.17, 15) is 9.59 Å². The molecule has 1 heterocycles. The van der Waals surface area contributed by atoms with Crippen molar-refractivity contribution in [2.75, 3.05) is 10.6 Å². The van der Waals surface area contributed by atoms with Gasteiger partial charge < -0.3 is 10.6 Å². The molecule has 0 spiro atoms. The molecule has 0 aliphatic carbocycles. The van der Waals surface area contributed by atoms with Gasteiger partial charge in [0.2, 0.25) is 0 Å². The second-order valence-electron chi connectivity index (χ2n) is 5.65. The molecule has 3 rings (SSSR count). The molecule has 0 fully saturated rings. The third-order valence-electron chi connectivity index (χ3n) is 3.95. The predicted octanol–water partition coefficient (Wildman–Crippen LogP) is 3.48. The van der Waals surface area contributed by atoms with Crippen LogP contribution in [0, 0.1) is 6.92 Å². The van der Waals surface area contributed by atoms with Crippen LogP contribution in [0.4, 0.5) is 16.2 Å². The number of halogens is 1. The number of rotatable bonds is 2. The summed E-state index contributed by atoms with van der Waals surface area (Å²) in [5.74, 6) is 0. The van der Waals surface area contributed by atoms with E-state index in [4.69, 9.17) is 11.6 Å². The average molecular weight is 345 g/mol. The third-order valence-corrected chi connectivity index (χ3v) is 4.18. The van der Waals surface area contributed by atoms with Crippen molar-refractivity contribution in [3.05, 3.63) is 57.5 Å². The number of carbonyl (C=O) groups excluding carboxylic acids is 1. The first-order valence-electron chi connectivity index (χ1n) is 7.36. The normalized spacial score (nSPS) is 10.8. The van der Waals surface area contributed by atoms with E-state index in [1.807, 2.05) is 13.0 Å². The average Bonchev–Trinajstić information content (AvgIpc) is 2.72. The van der Waals surface area contributed by atoms with Crippen LogP contribution in [0.1, 0.15) is 5.56 Å². The molecule has 0 aliphatic heterocycles. The maximum Gasteiger partial charge on any atom is 0.328 e. The SMILES string of the molecule is Cc1cc2c(cc1NC(=O)Nc1cccc(Cl)c1)n(C)c(=O)n2C. The van der Waals surface area contributed by atoms with Crippen molar-refractivity contribution in [3.63, 3.8) is 0 Å². The molecule has 2 N–H and O–H groups in total. The maximum atomic E-state index is 12.2. The van der Waals surface area contributed by atoms with Crippen LogP contribution in [0.3, 0.4) is 0 Å². The number of hydrogen-bond donors (Lipinski definition) is 2. The minimum Gasteiger partial charge on any atom is -0.308 e. The van der Waals surface area contributed by atoms with Crippen LogP contribution in [0.5, 0.6) is 0 Å². The number of amides is 2. The van der Waals surface area contributed by atoms with E-state index < -0.39 is 0 Å². The van der Waals surface area contributed by atoms with Crippen molar-refractivity contribution in [2.24, 2.45) is 14.1 Å². The fourth-order valence-electron chi connectivity index (χ4n) is 2.64. The molecular weight excluding hydrogens is 328 g/mol. The minimum atomic E-state index is -0.374. The Kier molecular flexibility index (Phi) is 4.07. The number of aromatic nitrogens is 2. The van der Waals surface area contributed by atoms with Crippen molar-refractivity contribution >= 4 is 40.0 Å². The zero-order valence-corrected chi connectivity index (χ0v) is 14.3. The van der Waals surface area contributed by atoms with Crippen LogP contribution in [0.2, 0.25) is 5.02 Å². The van der Waals surface area contributed by atoms with Crippen LogP contribution >= 0.6 is 11.6 Å². The maximum absolute atomic E-state index is 12.2. The molecule has 3 aromatic rings. The highest BCUT2D eigenvalue weighted by Gasteiger charge is 2.12. The highest BCUT2D eigenvalue weighted by Crippen LogP contribution is 2.23. The number of urea groups is 1. The summed E-state index contributed by atoms with van der Waals surface area (Å²) < 4.78 is 3.13. The molecule has 24 heavy (non-hydrogen) atoms. The van der Waals surface area contributed by atoms with Gasteiger partial charge in [0, 0.05) is 30.5 Å². The molecule has 0 radical (unpaired) electrons. The Morgan fingerprint density at radius 1 is 1.04 bits per heavy atom. The third kappa shape index (κ3) is 2.88. The first-order valence-corrected chi connectivity index (χ1v) is 7.74. The molecule has 0 unspecified atom stereocenters. The number of nitrogens with zero attached hydrogens (tertiary/aromatic N) is 2. The summed E-state index contributed by atoms with van der Waals surface area (Å²) >= 11 is 5.91. The van der Waals surface area contributed by atoms with E-state index in [2.05, 4.69) is 10.6 Å². The molecule has 0 bridgehead atoms. The second-order valence-corrected chi connectivity index (χ2v) is 6.08. The lowest BCUT2D eigenvalue weighted by atomic mass is 10.1. The number of anilines is 2. The number of aryl methyl sites for hydroxylation is 3. The van der Waals surface area contributed by atoms with E-state index in [-0.39, 0.29) is 11.7 Å². The first-order chi connectivity index (χ1) is 11.4. The fourth-order valence-corrected chi connectivity index (χ4v) is 2.83. The summed E-state index contributed by atoms with van der Waals surface area (Å²) in [5, 5.41) is 6.08. The molecule has 7 heteroatoms. The van der Waals surface area contributed by atoms with Gasteiger partial charge in [-0.05, 0) is 42.8 Å². The fraction of sp³-hybridized carbons (Fsp3) is 0.176. The Morgan fingerprint density at radius 3 is 2.38 bits per heavy atom. The topological polar surface area (TPSA) is 68.1 Å². The van der Waals surface area contributed by atoms with Crippen molar-refractivity contribution < 1.29 is 4.79 Å². The molecule has 2 aromatic carbocycles. The van der Waals surface area contributed by atoms with Gasteiger partial charge in [0.05, 0.1) is 11.0 Å². The summed E-state index contributed by atoms with van der Waals surface area (Å²) in [6.45, 7) is 1.88. The summed E-state index contributed by atoms with van der Waals surface area (Å²) in [6, 6.07) is 10.2. The molecule has 0 saturated heterocycles. The Labute approximate surface area is 143 Å². The predicted molar refractivity (Wildman–Crippen MR) is 97.0 cm³/mol. The van der Waals surface area contributed by atoms with Gasteiger partial charge in [0.1, 0.15) is 0 Å². The van der Waals surface area contributed by atoms with E-state index in [1.54, 1.807) is 53.6 Å². The standard InChI is InChI=1S/C17H17ClN4O2/c1-10-7-14-15(22(3)17(24)21(14)2)9-13(10)20-16(23)19-12-6-4-5-11(18)8-12/h4-9H,1-3H3,(H2,19,20,23). The summed E-state index contributed by atoms with van der Waals surface area (Å²) in [5.41, 5.74) is 3.58. The van der Waals surface area contributed by atoms with E-state index in [1.165, 1.54) is 0 Å². The molecule has 124 valence electrons. The Balaban J connectivity index is 1.89. The molecule has 1 aromatic heterocycles. The lowest BCUT2D eigenvalue weighted by molar-refractivity contribution is 0.262. The highest BCUT2D eigenvalue weighted by molar-refractivity contribution is 6.30. The molecule has 6 nitrogen and oxygen atoms in total. The number of nitrogens with one attached hydrogen (secondary N) is 2. The Hall–Kier alpha value is -2.73. The smallest absolute Gasteiger partial charge is 0.308 e. The monoisotopic (exact) mass is 344 g/mol. The van der Waals surface area contributed by atoms with Crippen LogP contribution in [-0.2, 0) is 14.1 Å². The summed E-state index contributed by atoms with van der Waals surface area (Å²) in [7, 11) is 3.43. The van der Waals surface area contributed by atoms with Crippen molar-refractivity contribution in [2.45, 2.75) is 6.92 Å². The van der Waals surface area contributed by atoms with Crippen LogP contribution < -0.4 is 16.3 Å². The van der Waals surface area contributed by atoms with Gasteiger partial charge in [0.15, 0.2) is 0 Å². The minimum absolute atomic E-state index is 0.107. The number of benzene rings is 2. The number of fused-ring (bicyclic) bond motifs is 1. The highest BCUT2D eigenvalue weighted by atomic mass is 35.5. The summed E-state index contributed by atoms with van der Waals surface area (Å²) in [4.78, 5) is 24.2. The summed E-state index contributed by atoms with van der Waals surface area (Å²) in [6.07, 6.45) is 0. The van der Waals surface area contributed by atoms with Crippen molar-refractivity contribution in [1.82, 2.24) is 9.13 Å². The quantitative estimate of drug-likeness (QED) is 0.747. The van der Waals surface area contributed by atoms with Crippen LogP contribution in [-0.4, -0.2) is 15.2 Å². The van der Waals surface area contributed by atoms with Gasteiger partial charge >= 0.3 is 11.7 Å². The molecular formula is C17H17ClN4O2. The van der Waals surface area contributed by atoms with Gasteiger partial charge in [-0.25, -0.2) is 9.59 Å².